The van der Waals surface area contributed by atoms with Crippen molar-refractivity contribution >= 4 is 23.5 Å². The molecule has 0 aromatic heterocycles. The highest BCUT2D eigenvalue weighted by molar-refractivity contribution is 6.04. The van der Waals surface area contributed by atoms with E-state index in [1.807, 2.05) is 19.9 Å². The van der Waals surface area contributed by atoms with Crippen LogP contribution in [0.2, 0.25) is 0 Å². The predicted molar refractivity (Wildman–Crippen MR) is 132 cm³/mol. The van der Waals surface area contributed by atoms with Crippen molar-refractivity contribution in [3.63, 3.8) is 0 Å². The number of Topliss-reactive ketones (excluding diaryl/α,β-unsaturated/α-hetero) is 1. The van der Waals surface area contributed by atoms with Crippen LogP contribution in [0, 0.1) is 23.7 Å². The highest BCUT2D eigenvalue weighted by Crippen LogP contribution is 2.55. The van der Waals surface area contributed by atoms with E-state index in [0.717, 1.165) is 5.57 Å². The number of hydrogen-bond donors (Lipinski definition) is 1. The first-order chi connectivity index (χ1) is 17.4. The summed E-state index contributed by atoms with van der Waals surface area (Å²) in [4.78, 5) is 50.4. The lowest BCUT2D eigenvalue weighted by Crippen LogP contribution is -2.61. The number of ether oxygens (including phenoxy) is 3. The van der Waals surface area contributed by atoms with Crippen LogP contribution < -0.4 is 0 Å². The van der Waals surface area contributed by atoms with Crippen LogP contribution in [0.3, 0.4) is 0 Å². The van der Waals surface area contributed by atoms with Crippen LogP contribution in [0.25, 0.3) is 0 Å². The summed E-state index contributed by atoms with van der Waals surface area (Å²) in [6.45, 7) is 10.6. The Morgan fingerprint density at radius 3 is 2.51 bits per heavy atom. The summed E-state index contributed by atoms with van der Waals surface area (Å²) in [5.41, 5.74) is -1.80. The molecule has 0 aromatic rings. The molecule has 3 heterocycles. The molecule has 1 N–H and O–H groups in total. The minimum absolute atomic E-state index is 0.0162. The van der Waals surface area contributed by atoms with Crippen molar-refractivity contribution in [3.05, 3.63) is 47.6 Å². The van der Waals surface area contributed by atoms with Gasteiger partial charge in [0.25, 0.3) is 0 Å². The summed E-state index contributed by atoms with van der Waals surface area (Å²) in [7, 11) is 0. The number of carbonyl (C=O) groups excluding carboxylic acids is 4. The molecule has 9 unspecified atom stereocenters. The minimum Gasteiger partial charge on any atom is -0.459 e. The standard InChI is InChI=1S/C29H34O8/c1-14-10-24-21(9-8-19(14)7-6-16(3)30)29(27(33)36-24)22(18(5)31)13-28(34)15(2)11-23-20(12-25(28)37-29)17(4)26(32)35-23/h6-8,13-15,20-21,23-25,34H,4,9-12H2,1-3,5H3. The maximum Gasteiger partial charge on any atom is 0.344 e. The number of ketones is 2. The van der Waals surface area contributed by atoms with E-state index in [1.54, 1.807) is 6.08 Å². The molecule has 5 aliphatic rings. The monoisotopic (exact) mass is 510 g/mol. The van der Waals surface area contributed by atoms with Crippen molar-refractivity contribution in [2.75, 3.05) is 0 Å². The van der Waals surface area contributed by atoms with Crippen molar-refractivity contribution in [2.24, 2.45) is 23.7 Å². The van der Waals surface area contributed by atoms with E-state index >= 15 is 0 Å². The summed E-state index contributed by atoms with van der Waals surface area (Å²) in [6.07, 6.45) is 6.50. The van der Waals surface area contributed by atoms with E-state index in [2.05, 4.69) is 6.58 Å². The lowest BCUT2D eigenvalue weighted by atomic mass is 9.69. The number of hydrogen-bond acceptors (Lipinski definition) is 8. The SMILES string of the molecule is C=C1C(=O)OC2CC(C)C3(O)C=C(C(C)=O)C4(OC3CC12)C(=O)OC1CC(C)C(C=CC(C)=O)=CCC14. The fourth-order valence-corrected chi connectivity index (χ4v) is 6.91. The van der Waals surface area contributed by atoms with Crippen LogP contribution in [0.5, 0.6) is 0 Å². The molecular formula is C29H34O8. The van der Waals surface area contributed by atoms with Crippen LogP contribution in [0.4, 0.5) is 0 Å². The van der Waals surface area contributed by atoms with Gasteiger partial charge < -0.3 is 19.3 Å². The van der Waals surface area contributed by atoms with E-state index in [1.165, 1.54) is 26.0 Å². The van der Waals surface area contributed by atoms with Gasteiger partial charge in [-0.1, -0.05) is 32.6 Å². The maximum atomic E-state index is 13.6. The molecule has 198 valence electrons. The normalized spacial score (nSPS) is 43.2. The first kappa shape index (κ1) is 25.8. The van der Waals surface area contributed by atoms with E-state index < -0.39 is 53.3 Å². The molecule has 5 rings (SSSR count). The van der Waals surface area contributed by atoms with Crippen LogP contribution in [-0.4, -0.2) is 58.1 Å². The molecule has 0 amide bonds. The highest BCUT2D eigenvalue weighted by atomic mass is 16.6. The lowest BCUT2D eigenvalue weighted by molar-refractivity contribution is -0.196. The minimum atomic E-state index is -1.67. The third-order valence-corrected chi connectivity index (χ3v) is 9.06. The number of fused-ring (bicyclic) bond motifs is 4. The van der Waals surface area contributed by atoms with Crippen molar-refractivity contribution in [2.45, 2.75) is 82.9 Å². The molecule has 2 aliphatic carbocycles. The van der Waals surface area contributed by atoms with Gasteiger partial charge in [-0.25, -0.2) is 9.59 Å². The van der Waals surface area contributed by atoms with Gasteiger partial charge in [0.15, 0.2) is 11.6 Å². The Morgan fingerprint density at radius 2 is 1.84 bits per heavy atom. The molecule has 3 aliphatic heterocycles. The molecule has 0 aromatic carbocycles. The van der Waals surface area contributed by atoms with Gasteiger partial charge in [-0.15, -0.1) is 0 Å². The molecule has 8 heteroatoms. The number of rotatable bonds is 3. The van der Waals surface area contributed by atoms with Crippen LogP contribution >= 0.6 is 0 Å². The molecule has 3 fully saturated rings. The summed E-state index contributed by atoms with van der Waals surface area (Å²) in [6, 6.07) is 0. The molecule has 9 atom stereocenters. The van der Waals surface area contributed by atoms with E-state index in [-0.39, 0.29) is 35.4 Å². The number of aliphatic hydroxyl groups is 1. The van der Waals surface area contributed by atoms with Crippen molar-refractivity contribution < 1.29 is 38.5 Å². The second-order valence-electron chi connectivity index (χ2n) is 11.4. The smallest absolute Gasteiger partial charge is 0.344 e. The Labute approximate surface area is 216 Å². The zero-order valence-corrected chi connectivity index (χ0v) is 21.7. The zero-order valence-electron chi connectivity index (χ0n) is 21.7. The third-order valence-electron chi connectivity index (χ3n) is 9.06. The summed E-state index contributed by atoms with van der Waals surface area (Å²) >= 11 is 0. The van der Waals surface area contributed by atoms with Gasteiger partial charge in [0.1, 0.15) is 17.8 Å². The van der Waals surface area contributed by atoms with Gasteiger partial charge >= 0.3 is 11.9 Å². The number of allylic oxidation sites excluding steroid dienone is 4. The Balaban J connectivity index is 1.59. The van der Waals surface area contributed by atoms with Gasteiger partial charge in [0.2, 0.25) is 5.60 Å². The fraction of sp³-hybridized carbons (Fsp3) is 0.586. The van der Waals surface area contributed by atoms with Gasteiger partial charge in [-0.2, -0.15) is 0 Å². The van der Waals surface area contributed by atoms with Gasteiger partial charge in [-0.05, 0) is 69.1 Å². The quantitative estimate of drug-likeness (QED) is 0.455. The van der Waals surface area contributed by atoms with Crippen molar-refractivity contribution in [3.8, 4) is 0 Å². The Bertz CT molecular complexity index is 1180. The number of esters is 2. The lowest BCUT2D eigenvalue weighted by Gasteiger charge is -2.48. The second-order valence-corrected chi connectivity index (χ2v) is 11.4. The van der Waals surface area contributed by atoms with Gasteiger partial charge in [0, 0.05) is 23.0 Å². The predicted octanol–water partition coefficient (Wildman–Crippen LogP) is 2.94. The van der Waals surface area contributed by atoms with Crippen LogP contribution in [0.15, 0.2) is 47.6 Å². The van der Waals surface area contributed by atoms with Gasteiger partial charge in [0.05, 0.1) is 6.10 Å². The first-order valence-corrected chi connectivity index (χ1v) is 13.0. The van der Waals surface area contributed by atoms with Crippen LogP contribution in [-0.2, 0) is 33.4 Å². The van der Waals surface area contributed by atoms with Gasteiger partial charge in [-0.3, -0.25) is 9.59 Å². The molecule has 37 heavy (non-hydrogen) atoms. The maximum absolute atomic E-state index is 13.6. The Hall–Kier alpha value is -2.84. The van der Waals surface area contributed by atoms with E-state index in [4.69, 9.17) is 14.2 Å². The average molecular weight is 511 g/mol. The summed E-state index contributed by atoms with van der Waals surface area (Å²) in [5.74, 6) is -2.75. The molecule has 0 radical (unpaired) electrons. The molecule has 1 saturated carbocycles. The largest absolute Gasteiger partial charge is 0.459 e. The van der Waals surface area contributed by atoms with Crippen molar-refractivity contribution in [1.29, 1.82) is 0 Å². The highest BCUT2D eigenvalue weighted by Gasteiger charge is 2.67. The average Bonchev–Trinajstić information content (AvgIpc) is 3.09. The fourth-order valence-electron chi connectivity index (χ4n) is 6.91. The molecule has 0 bridgehead atoms. The van der Waals surface area contributed by atoms with Crippen LogP contribution in [0.1, 0.15) is 53.4 Å². The topological polar surface area (TPSA) is 116 Å². The van der Waals surface area contributed by atoms with Crippen molar-refractivity contribution in [1.82, 2.24) is 0 Å². The van der Waals surface area contributed by atoms with E-state index in [9.17, 15) is 24.3 Å². The Morgan fingerprint density at radius 1 is 1.11 bits per heavy atom. The molecular weight excluding hydrogens is 476 g/mol. The number of carbonyl (C=O) groups is 4. The third kappa shape index (κ3) is 3.87. The Kier molecular flexibility index (Phi) is 6.19. The second kappa shape index (κ2) is 8.88. The molecule has 8 nitrogen and oxygen atoms in total. The molecule has 1 spiro atoms. The summed E-state index contributed by atoms with van der Waals surface area (Å²) < 4.78 is 18.1. The zero-order chi connectivity index (χ0) is 26.9. The summed E-state index contributed by atoms with van der Waals surface area (Å²) in [5, 5.41) is 11.9. The molecule has 2 saturated heterocycles. The first-order valence-electron chi connectivity index (χ1n) is 13.0. The van der Waals surface area contributed by atoms with E-state index in [0.29, 0.717) is 24.8 Å².